The van der Waals surface area contributed by atoms with Crippen molar-refractivity contribution in [2.75, 3.05) is 0 Å². The summed E-state index contributed by atoms with van der Waals surface area (Å²) in [5.41, 5.74) is 5.58. The molecule has 0 bridgehead atoms. The summed E-state index contributed by atoms with van der Waals surface area (Å²) < 4.78 is 5.23. The van der Waals surface area contributed by atoms with Gasteiger partial charge in [-0.1, -0.05) is 33.3 Å². The highest BCUT2D eigenvalue weighted by Crippen LogP contribution is 2.19. The fraction of sp³-hybridized carbons (Fsp3) is 0.750. The van der Waals surface area contributed by atoms with E-state index in [0.29, 0.717) is 12.0 Å². The zero-order valence-electron chi connectivity index (χ0n) is 10.1. The molecule has 3 nitrogen and oxygen atoms in total. The van der Waals surface area contributed by atoms with Crippen molar-refractivity contribution in [3.05, 3.63) is 12.2 Å². The molecule has 0 aliphatic carbocycles. The van der Waals surface area contributed by atoms with Crippen molar-refractivity contribution in [2.45, 2.75) is 58.6 Å². The van der Waals surface area contributed by atoms with Crippen LogP contribution >= 0.6 is 0 Å². The summed E-state index contributed by atoms with van der Waals surface area (Å²) in [7, 11) is 0. The predicted molar refractivity (Wildman–Crippen MR) is 62.3 cm³/mol. The first-order chi connectivity index (χ1) is 6.95. The number of hydrogen-bond acceptors (Lipinski definition) is 3. The molecule has 0 saturated heterocycles. The minimum absolute atomic E-state index is 0.393. The Balaban J connectivity index is 4.17. The van der Waals surface area contributed by atoms with Crippen LogP contribution in [0, 0.1) is 0 Å². The number of carbonyl (C=O) groups is 1. The largest absolute Gasteiger partial charge is 0.441 e. The second-order valence-corrected chi connectivity index (χ2v) is 4.05. The van der Waals surface area contributed by atoms with Crippen LogP contribution in [0.4, 0.5) is 0 Å². The number of esters is 1. The Morgan fingerprint density at radius 1 is 1.40 bits per heavy atom. The first-order valence-corrected chi connectivity index (χ1v) is 5.63. The van der Waals surface area contributed by atoms with Gasteiger partial charge >= 0.3 is 5.97 Å². The second kappa shape index (κ2) is 6.62. The van der Waals surface area contributed by atoms with Gasteiger partial charge in [0.15, 0.2) is 5.72 Å². The Hall–Kier alpha value is -0.830. The maximum absolute atomic E-state index is 11.3. The van der Waals surface area contributed by atoms with Gasteiger partial charge in [-0.05, 0) is 19.8 Å². The standard InChI is InChI=1S/C12H23NO2/c1-5-7-8-9-12(13,6-2)15-11(14)10(3)4/h3,5-9,13H2,1-2,4H3. The van der Waals surface area contributed by atoms with Crippen molar-refractivity contribution >= 4 is 5.97 Å². The predicted octanol–water partition coefficient (Wildman–Crippen LogP) is 2.75. The van der Waals surface area contributed by atoms with Gasteiger partial charge < -0.3 is 4.74 Å². The molecule has 3 heteroatoms. The monoisotopic (exact) mass is 213 g/mol. The van der Waals surface area contributed by atoms with Gasteiger partial charge in [-0.25, -0.2) is 4.79 Å². The van der Waals surface area contributed by atoms with Crippen molar-refractivity contribution < 1.29 is 9.53 Å². The molecule has 0 heterocycles. The fourth-order valence-electron chi connectivity index (χ4n) is 1.25. The maximum atomic E-state index is 11.3. The van der Waals surface area contributed by atoms with E-state index in [0.717, 1.165) is 25.7 Å². The van der Waals surface area contributed by atoms with Gasteiger partial charge in [0.25, 0.3) is 0 Å². The molecular formula is C12H23NO2. The van der Waals surface area contributed by atoms with Gasteiger partial charge in [0.05, 0.1) is 0 Å². The summed E-state index contributed by atoms with van der Waals surface area (Å²) in [6.45, 7) is 9.23. The molecule has 0 rings (SSSR count). The Morgan fingerprint density at radius 2 is 2.00 bits per heavy atom. The molecule has 1 unspecified atom stereocenters. The molecular weight excluding hydrogens is 190 g/mol. The van der Waals surface area contributed by atoms with Crippen LogP contribution in [-0.4, -0.2) is 11.7 Å². The molecule has 88 valence electrons. The van der Waals surface area contributed by atoms with Gasteiger partial charge in [-0.3, -0.25) is 5.73 Å². The van der Waals surface area contributed by atoms with Crippen LogP contribution in [0.5, 0.6) is 0 Å². The average molecular weight is 213 g/mol. The van der Waals surface area contributed by atoms with Crippen molar-refractivity contribution in [1.29, 1.82) is 0 Å². The molecule has 0 aromatic rings. The lowest BCUT2D eigenvalue weighted by atomic mass is 10.0. The van der Waals surface area contributed by atoms with E-state index in [1.165, 1.54) is 0 Å². The smallest absolute Gasteiger partial charge is 0.334 e. The highest BCUT2D eigenvalue weighted by atomic mass is 16.6. The average Bonchev–Trinajstić information content (AvgIpc) is 2.18. The molecule has 0 radical (unpaired) electrons. The summed E-state index contributed by atoms with van der Waals surface area (Å²) in [4.78, 5) is 11.3. The molecule has 15 heavy (non-hydrogen) atoms. The number of nitrogens with two attached hydrogens (primary N) is 1. The number of hydrogen-bond donors (Lipinski definition) is 1. The second-order valence-electron chi connectivity index (χ2n) is 4.05. The normalized spacial score (nSPS) is 14.4. The van der Waals surface area contributed by atoms with Gasteiger partial charge in [0, 0.05) is 12.0 Å². The van der Waals surface area contributed by atoms with Crippen LogP contribution in [0.1, 0.15) is 52.9 Å². The minimum Gasteiger partial charge on any atom is -0.441 e. The molecule has 2 N–H and O–H groups in total. The third kappa shape index (κ3) is 5.57. The van der Waals surface area contributed by atoms with Crippen LogP contribution in [-0.2, 0) is 9.53 Å². The molecule has 1 atom stereocenters. The van der Waals surface area contributed by atoms with E-state index in [9.17, 15) is 4.79 Å². The van der Waals surface area contributed by atoms with E-state index in [2.05, 4.69) is 13.5 Å². The van der Waals surface area contributed by atoms with E-state index in [1.807, 2.05) is 6.92 Å². The molecule has 0 aromatic heterocycles. The molecule has 0 aliphatic rings. The Morgan fingerprint density at radius 3 is 2.40 bits per heavy atom. The summed E-state index contributed by atoms with van der Waals surface area (Å²) in [5.74, 6) is -0.393. The van der Waals surface area contributed by atoms with Gasteiger partial charge in [-0.15, -0.1) is 0 Å². The summed E-state index contributed by atoms with van der Waals surface area (Å²) in [6.07, 6.45) is 4.59. The number of rotatable bonds is 7. The van der Waals surface area contributed by atoms with E-state index in [1.54, 1.807) is 6.92 Å². The Bertz CT molecular complexity index is 226. The van der Waals surface area contributed by atoms with Crippen LogP contribution in [0.15, 0.2) is 12.2 Å². The lowest BCUT2D eigenvalue weighted by Gasteiger charge is -2.28. The van der Waals surface area contributed by atoms with E-state index < -0.39 is 11.7 Å². The maximum Gasteiger partial charge on any atom is 0.334 e. The first kappa shape index (κ1) is 14.2. The zero-order valence-corrected chi connectivity index (χ0v) is 10.1. The minimum atomic E-state index is -0.814. The van der Waals surface area contributed by atoms with Crippen LogP contribution in [0.2, 0.25) is 0 Å². The molecule has 0 aromatic carbocycles. The van der Waals surface area contributed by atoms with Gasteiger partial charge in [0.1, 0.15) is 0 Å². The Kier molecular flexibility index (Phi) is 6.25. The topological polar surface area (TPSA) is 52.3 Å². The van der Waals surface area contributed by atoms with Crippen molar-refractivity contribution in [1.82, 2.24) is 0 Å². The molecule has 0 aliphatic heterocycles. The third-order valence-electron chi connectivity index (χ3n) is 2.45. The molecule has 0 fully saturated rings. The highest BCUT2D eigenvalue weighted by molar-refractivity contribution is 5.87. The first-order valence-electron chi connectivity index (χ1n) is 5.63. The lowest BCUT2D eigenvalue weighted by molar-refractivity contribution is -0.155. The third-order valence-corrected chi connectivity index (χ3v) is 2.45. The van der Waals surface area contributed by atoms with Gasteiger partial charge in [-0.2, -0.15) is 0 Å². The Labute approximate surface area is 92.7 Å². The SMILES string of the molecule is C=C(C)C(=O)OC(N)(CC)CCCCC. The van der Waals surface area contributed by atoms with Crippen molar-refractivity contribution in [3.8, 4) is 0 Å². The number of ether oxygens (including phenoxy) is 1. The zero-order chi connectivity index (χ0) is 11.9. The summed E-state index contributed by atoms with van der Waals surface area (Å²) in [5, 5.41) is 0. The van der Waals surface area contributed by atoms with Crippen molar-refractivity contribution in [3.63, 3.8) is 0 Å². The number of carbonyl (C=O) groups excluding carboxylic acids is 1. The quantitative estimate of drug-likeness (QED) is 0.306. The van der Waals surface area contributed by atoms with Crippen LogP contribution in [0.25, 0.3) is 0 Å². The van der Waals surface area contributed by atoms with Gasteiger partial charge in [0.2, 0.25) is 0 Å². The van der Waals surface area contributed by atoms with E-state index >= 15 is 0 Å². The van der Waals surface area contributed by atoms with Crippen LogP contribution < -0.4 is 5.73 Å². The molecule has 0 amide bonds. The lowest BCUT2D eigenvalue weighted by Crippen LogP contribution is -2.44. The fourth-order valence-corrected chi connectivity index (χ4v) is 1.25. The summed E-state index contributed by atoms with van der Waals surface area (Å²) in [6, 6.07) is 0. The van der Waals surface area contributed by atoms with Crippen molar-refractivity contribution in [2.24, 2.45) is 5.73 Å². The summed E-state index contributed by atoms with van der Waals surface area (Å²) >= 11 is 0. The van der Waals surface area contributed by atoms with E-state index in [4.69, 9.17) is 10.5 Å². The number of unbranched alkanes of at least 4 members (excludes halogenated alkanes) is 2. The molecule has 0 spiro atoms. The molecule has 0 saturated carbocycles. The van der Waals surface area contributed by atoms with E-state index in [-0.39, 0.29) is 0 Å². The highest BCUT2D eigenvalue weighted by Gasteiger charge is 2.26. The van der Waals surface area contributed by atoms with Crippen LogP contribution in [0.3, 0.4) is 0 Å².